The van der Waals surface area contributed by atoms with Crippen LogP contribution in [0.15, 0.2) is 54.6 Å². The van der Waals surface area contributed by atoms with Crippen LogP contribution in [0.25, 0.3) is 0 Å². The summed E-state index contributed by atoms with van der Waals surface area (Å²) in [6.45, 7) is 2.14. The molecule has 0 aliphatic rings. The highest BCUT2D eigenvalue weighted by Gasteiger charge is 2.03. The van der Waals surface area contributed by atoms with Crippen LogP contribution in [0, 0.1) is 0 Å². The maximum absolute atomic E-state index is 9.38. The first kappa shape index (κ1) is 11.5. The third-order valence-corrected chi connectivity index (χ3v) is 2.64. The fourth-order valence-electron chi connectivity index (χ4n) is 1.90. The van der Waals surface area contributed by atoms with Crippen molar-refractivity contribution in [3.05, 3.63) is 60.2 Å². The van der Waals surface area contributed by atoms with E-state index in [2.05, 4.69) is 36.5 Å². The second-order valence-electron chi connectivity index (χ2n) is 4.29. The van der Waals surface area contributed by atoms with Crippen LogP contribution < -0.4 is 5.32 Å². The molecular formula is C15H17NO. The van der Waals surface area contributed by atoms with Gasteiger partial charge in [0.05, 0.1) is 0 Å². The van der Waals surface area contributed by atoms with Gasteiger partial charge in [0.1, 0.15) is 5.75 Å². The fraction of sp³-hybridized carbons (Fsp3) is 0.200. The van der Waals surface area contributed by atoms with Crippen molar-refractivity contribution in [2.45, 2.75) is 19.4 Å². The van der Waals surface area contributed by atoms with Crippen molar-refractivity contribution < 1.29 is 5.11 Å². The van der Waals surface area contributed by atoms with Crippen LogP contribution >= 0.6 is 0 Å². The standard InChI is InChI=1S/C15H17NO/c1-12(10-13-6-3-2-4-7-13)16-14-8-5-9-15(17)11-14/h2-9,11-12,16-17H,10H2,1H3. The van der Waals surface area contributed by atoms with Crippen molar-refractivity contribution in [2.75, 3.05) is 5.32 Å². The summed E-state index contributed by atoms with van der Waals surface area (Å²) in [7, 11) is 0. The van der Waals surface area contributed by atoms with Gasteiger partial charge >= 0.3 is 0 Å². The number of aromatic hydroxyl groups is 1. The maximum atomic E-state index is 9.38. The molecule has 2 aromatic rings. The van der Waals surface area contributed by atoms with Gasteiger partial charge in [0.25, 0.3) is 0 Å². The highest BCUT2D eigenvalue weighted by atomic mass is 16.3. The lowest BCUT2D eigenvalue weighted by Gasteiger charge is -2.15. The van der Waals surface area contributed by atoms with Crippen LogP contribution in [0.3, 0.4) is 0 Å². The summed E-state index contributed by atoms with van der Waals surface area (Å²) >= 11 is 0. The van der Waals surface area contributed by atoms with Gasteiger partial charge in [0.15, 0.2) is 0 Å². The molecule has 2 nitrogen and oxygen atoms in total. The number of rotatable bonds is 4. The number of phenolic OH excluding ortho intramolecular Hbond substituents is 1. The van der Waals surface area contributed by atoms with E-state index in [0.29, 0.717) is 11.8 Å². The first-order valence-corrected chi connectivity index (χ1v) is 5.83. The molecule has 0 aliphatic heterocycles. The summed E-state index contributed by atoms with van der Waals surface area (Å²) < 4.78 is 0. The quantitative estimate of drug-likeness (QED) is 0.838. The van der Waals surface area contributed by atoms with Gasteiger partial charge < -0.3 is 10.4 Å². The zero-order chi connectivity index (χ0) is 12.1. The Morgan fingerprint density at radius 2 is 1.82 bits per heavy atom. The minimum Gasteiger partial charge on any atom is -0.508 e. The number of hydrogen-bond donors (Lipinski definition) is 2. The Bertz CT molecular complexity index is 467. The van der Waals surface area contributed by atoms with Crippen LogP contribution in [-0.2, 0) is 6.42 Å². The highest BCUT2D eigenvalue weighted by Crippen LogP contribution is 2.17. The second-order valence-corrected chi connectivity index (χ2v) is 4.29. The summed E-state index contributed by atoms with van der Waals surface area (Å²) in [4.78, 5) is 0. The van der Waals surface area contributed by atoms with Crippen molar-refractivity contribution in [3.8, 4) is 5.75 Å². The van der Waals surface area contributed by atoms with E-state index in [1.807, 2.05) is 18.2 Å². The summed E-state index contributed by atoms with van der Waals surface area (Å²) in [6.07, 6.45) is 0.969. The molecule has 2 N–H and O–H groups in total. The summed E-state index contributed by atoms with van der Waals surface area (Å²) in [5.74, 6) is 0.293. The van der Waals surface area contributed by atoms with E-state index in [-0.39, 0.29) is 0 Å². The van der Waals surface area contributed by atoms with Gasteiger partial charge in [-0.1, -0.05) is 36.4 Å². The first-order chi connectivity index (χ1) is 8.24. The molecule has 17 heavy (non-hydrogen) atoms. The third-order valence-electron chi connectivity index (χ3n) is 2.64. The zero-order valence-electron chi connectivity index (χ0n) is 9.93. The number of benzene rings is 2. The maximum Gasteiger partial charge on any atom is 0.117 e. The van der Waals surface area contributed by atoms with Crippen molar-refractivity contribution in [1.29, 1.82) is 0 Å². The number of hydrogen-bond acceptors (Lipinski definition) is 2. The van der Waals surface area contributed by atoms with Gasteiger partial charge in [-0.2, -0.15) is 0 Å². The molecule has 0 radical (unpaired) electrons. The van der Waals surface area contributed by atoms with Crippen LogP contribution in [0.5, 0.6) is 5.75 Å². The van der Waals surface area contributed by atoms with Crippen molar-refractivity contribution in [1.82, 2.24) is 0 Å². The number of nitrogens with one attached hydrogen (secondary N) is 1. The lowest BCUT2D eigenvalue weighted by atomic mass is 10.1. The minimum absolute atomic E-state index is 0.293. The Morgan fingerprint density at radius 3 is 2.53 bits per heavy atom. The lowest BCUT2D eigenvalue weighted by molar-refractivity contribution is 0.475. The van der Waals surface area contributed by atoms with E-state index in [0.717, 1.165) is 12.1 Å². The van der Waals surface area contributed by atoms with E-state index in [1.54, 1.807) is 12.1 Å². The van der Waals surface area contributed by atoms with E-state index in [9.17, 15) is 5.11 Å². The largest absolute Gasteiger partial charge is 0.508 e. The number of phenols is 1. The minimum atomic E-state index is 0.293. The molecule has 0 bridgehead atoms. The zero-order valence-corrected chi connectivity index (χ0v) is 9.93. The summed E-state index contributed by atoms with van der Waals surface area (Å²) in [5.41, 5.74) is 2.26. The third kappa shape index (κ3) is 3.52. The monoisotopic (exact) mass is 227 g/mol. The fourth-order valence-corrected chi connectivity index (χ4v) is 1.90. The Morgan fingerprint density at radius 1 is 1.06 bits per heavy atom. The molecule has 1 atom stereocenters. The second kappa shape index (κ2) is 5.39. The molecular weight excluding hydrogens is 210 g/mol. The average Bonchev–Trinajstić information content (AvgIpc) is 2.30. The Hall–Kier alpha value is -1.96. The van der Waals surface area contributed by atoms with E-state index in [1.165, 1.54) is 5.56 Å². The van der Waals surface area contributed by atoms with Gasteiger partial charge in [-0.3, -0.25) is 0 Å². The average molecular weight is 227 g/mol. The van der Waals surface area contributed by atoms with E-state index in [4.69, 9.17) is 0 Å². The summed E-state index contributed by atoms with van der Waals surface area (Å²) in [6, 6.07) is 17.9. The van der Waals surface area contributed by atoms with E-state index >= 15 is 0 Å². The SMILES string of the molecule is CC(Cc1ccccc1)Nc1cccc(O)c1. The lowest BCUT2D eigenvalue weighted by Crippen LogP contribution is -2.17. The molecule has 88 valence electrons. The molecule has 0 heterocycles. The first-order valence-electron chi connectivity index (χ1n) is 5.83. The molecule has 0 spiro atoms. The van der Waals surface area contributed by atoms with Crippen LogP contribution in [-0.4, -0.2) is 11.1 Å². The van der Waals surface area contributed by atoms with Crippen LogP contribution in [0.1, 0.15) is 12.5 Å². The smallest absolute Gasteiger partial charge is 0.117 e. The molecule has 2 rings (SSSR count). The van der Waals surface area contributed by atoms with Crippen molar-refractivity contribution >= 4 is 5.69 Å². The molecule has 2 heteroatoms. The van der Waals surface area contributed by atoms with Crippen molar-refractivity contribution in [2.24, 2.45) is 0 Å². The Kier molecular flexibility index (Phi) is 3.66. The van der Waals surface area contributed by atoms with Crippen LogP contribution in [0.4, 0.5) is 5.69 Å². The Balaban J connectivity index is 1.96. The Labute approximate surface area is 102 Å². The molecule has 0 saturated heterocycles. The molecule has 0 amide bonds. The molecule has 1 unspecified atom stereocenters. The van der Waals surface area contributed by atoms with E-state index < -0.39 is 0 Å². The molecule has 0 saturated carbocycles. The molecule has 0 aromatic heterocycles. The normalized spacial score (nSPS) is 12.1. The van der Waals surface area contributed by atoms with Gasteiger partial charge in [-0.15, -0.1) is 0 Å². The summed E-state index contributed by atoms with van der Waals surface area (Å²) in [5, 5.41) is 12.7. The molecule has 0 fully saturated rings. The van der Waals surface area contributed by atoms with Gasteiger partial charge in [0, 0.05) is 17.8 Å². The topological polar surface area (TPSA) is 32.3 Å². The predicted octanol–water partition coefficient (Wildman–Crippen LogP) is 3.44. The molecule has 0 aliphatic carbocycles. The predicted molar refractivity (Wildman–Crippen MR) is 71.3 cm³/mol. The van der Waals surface area contributed by atoms with Gasteiger partial charge in [-0.05, 0) is 31.0 Å². The van der Waals surface area contributed by atoms with Crippen LogP contribution in [0.2, 0.25) is 0 Å². The highest BCUT2D eigenvalue weighted by molar-refractivity contribution is 5.48. The van der Waals surface area contributed by atoms with Gasteiger partial charge in [-0.25, -0.2) is 0 Å². The number of anilines is 1. The van der Waals surface area contributed by atoms with Crippen molar-refractivity contribution in [3.63, 3.8) is 0 Å². The molecule has 2 aromatic carbocycles. The van der Waals surface area contributed by atoms with Gasteiger partial charge in [0.2, 0.25) is 0 Å².